The van der Waals surface area contributed by atoms with Gasteiger partial charge in [0.2, 0.25) is 5.91 Å². The van der Waals surface area contributed by atoms with Crippen molar-refractivity contribution in [2.75, 3.05) is 7.05 Å². The summed E-state index contributed by atoms with van der Waals surface area (Å²) in [7, 11) is 1.64. The lowest BCUT2D eigenvalue weighted by molar-refractivity contribution is -0.138. The van der Waals surface area contributed by atoms with Crippen LogP contribution in [-0.2, 0) is 17.4 Å². The zero-order chi connectivity index (χ0) is 20.3. The summed E-state index contributed by atoms with van der Waals surface area (Å²) in [5.74, 6) is -0.257. The van der Waals surface area contributed by atoms with Gasteiger partial charge in [0.1, 0.15) is 12.7 Å². The van der Waals surface area contributed by atoms with Gasteiger partial charge in [-0.1, -0.05) is 30.3 Å². The number of rotatable bonds is 5. The lowest BCUT2D eigenvalue weighted by Gasteiger charge is -2.26. The molecule has 0 aliphatic rings. The first-order valence-electron chi connectivity index (χ1n) is 8.62. The molecule has 1 aromatic heterocycles. The second-order valence-electron chi connectivity index (χ2n) is 6.49. The van der Waals surface area contributed by atoms with E-state index in [0.29, 0.717) is 5.56 Å². The predicted octanol–water partition coefficient (Wildman–Crippen LogP) is 4.05. The smallest absolute Gasteiger partial charge is 0.339 e. The van der Waals surface area contributed by atoms with Crippen molar-refractivity contribution in [1.29, 1.82) is 0 Å². The third-order valence-corrected chi connectivity index (χ3v) is 4.64. The molecule has 0 N–H and O–H groups in total. The lowest BCUT2D eigenvalue weighted by atomic mass is 10.0. The van der Waals surface area contributed by atoms with E-state index in [9.17, 15) is 18.0 Å². The molecule has 3 rings (SSSR count). The van der Waals surface area contributed by atoms with Gasteiger partial charge < -0.3 is 4.90 Å². The summed E-state index contributed by atoms with van der Waals surface area (Å²) in [5, 5.41) is 4.06. The van der Waals surface area contributed by atoms with E-state index in [4.69, 9.17) is 0 Å². The molecule has 0 saturated carbocycles. The van der Waals surface area contributed by atoms with E-state index in [1.165, 1.54) is 23.4 Å². The molecule has 0 unspecified atom stereocenters. The van der Waals surface area contributed by atoms with Crippen molar-refractivity contribution in [3.05, 3.63) is 77.9 Å². The molecule has 1 amide bonds. The highest BCUT2D eigenvalue weighted by Gasteiger charge is 2.30. The highest BCUT2D eigenvalue weighted by Crippen LogP contribution is 2.30. The molecule has 2 aromatic carbocycles. The summed E-state index contributed by atoms with van der Waals surface area (Å²) < 4.78 is 40.1. The van der Waals surface area contributed by atoms with Gasteiger partial charge in [-0.15, -0.1) is 0 Å². The number of aromatic nitrogens is 3. The number of carbonyl (C=O) groups is 1. The van der Waals surface area contributed by atoms with E-state index >= 15 is 0 Å². The van der Waals surface area contributed by atoms with Crippen molar-refractivity contribution in [2.45, 2.75) is 25.6 Å². The van der Waals surface area contributed by atoms with Gasteiger partial charge >= 0.3 is 6.18 Å². The number of hydrogen-bond donors (Lipinski definition) is 0. The van der Waals surface area contributed by atoms with Crippen LogP contribution in [0.5, 0.6) is 0 Å². The highest BCUT2D eigenvalue weighted by molar-refractivity contribution is 5.79. The predicted molar refractivity (Wildman–Crippen MR) is 97.7 cm³/mol. The van der Waals surface area contributed by atoms with Crippen LogP contribution in [0.1, 0.15) is 29.7 Å². The van der Waals surface area contributed by atoms with Gasteiger partial charge in [0, 0.05) is 7.05 Å². The molecule has 28 heavy (non-hydrogen) atoms. The number of amides is 1. The molecule has 1 atom stereocenters. The zero-order valence-electron chi connectivity index (χ0n) is 15.4. The molecule has 0 aliphatic carbocycles. The first kappa shape index (κ1) is 19.6. The number of nitrogens with zero attached hydrogens (tertiary/aromatic N) is 4. The van der Waals surface area contributed by atoms with E-state index in [2.05, 4.69) is 10.1 Å². The largest absolute Gasteiger partial charge is 0.416 e. The summed E-state index contributed by atoms with van der Waals surface area (Å²) in [5.41, 5.74) is 1.33. The van der Waals surface area contributed by atoms with Crippen molar-refractivity contribution >= 4 is 5.91 Å². The van der Waals surface area contributed by atoms with E-state index in [-0.39, 0.29) is 18.4 Å². The minimum Gasteiger partial charge on any atom is -0.339 e. The van der Waals surface area contributed by atoms with E-state index in [1.807, 2.05) is 31.2 Å². The maximum absolute atomic E-state index is 12.8. The van der Waals surface area contributed by atoms with Crippen LogP contribution in [0.25, 0.3) is 5.69 Å². The Labute approximate surface area is 160 Å². The molecule has 0 radical (unpaired) electrons. The first-order chi connectivity index (χ1) is 13.3. The Balaban J connectivity index is 1.69. The van der Waals surface area contributed by atoms with Crippen LogP contribution in [0.15, 0.2) is 61.2 Å². The van der Waals surface area contributed by atoms with Gasteiger partial charge in [-0.2, -0.15) is 18.3 Å². The fourth-order valence-electron chi connectivity index (χ4n) is 2.84. The fourth-order valence-corrected chi connectivity index (χ4v) is 2.84. The van der Waals surface area contributed by atoms with Crippen LogP contribution < -0.4 is 0 Å². The number of benzene rings is 2. The normalized spacial score (nSPS) is 12.6. The van der Waals surface area contributed by atoms with Crippen LogP contribution in [0.3, 0.4) is 0 Å². The molecule has 3 aromatic rings. The summed E-state index contributed by atoms with van der Waals surface area (Å²) in [6, 6.07) is 12.1. The topological polar surface area (TPSA) is 51.0 Å². The Morgan fingerprint density at radius 2 is 1.89 bits per heavy atom. The molecule has 0 fully saturated rings. The van der Waals surface area contributed by atoms with Crippen LogP contribution in [0.2, 0.25) is 0 Å². The van der Waals surface area contributed by atoms with E-state index < -0.39 is 11.7 Å². The summed E-state index contributed by atoms with van der Waals surface area (Å²) >= 11 is 0. The minimum absolute atomic E-state index is 0.0954. The maximum Gasteiger partial charge on any atom is 0.416 e. The van der Waals surface area contributed by atoms with Crippen LogP contribution in [0.4, 0.5) is 13.2 Å². The van der Waals surface area contributed by atoms with Crippen molar-refractivity contribution in [2.24, 2.45) is 0 Å². The Morgan fingerprint density at radius 3 is 2.50 bits per heavy atom. The number of carbonyl (C=O) groups excluding carboxylic acids is 1. The Kier molecular flexibility index (Phi) is 5.48. The molecule has 146 valence electrons. The molecule has 1 heterocycles. The molecular weight excluding hydrogens is 369 g/mol. The number of halogens is 3. The van der Waals surface area contributed by atoms with Gasteiger partial charge in [0.15, 0.2) is 0 Å². The lowest BCUT2D eigenvalue weighted by Crippen LogP contribution is -2.31. The van der Waals surface area contributed by atoms with Crippen molar-refractivity contribution in [1.82, 2.24) is 19.7 Å². The minimum atomic E-state index is -4.43. The Bertz CT molecular complexity index is 937. The summed E-state index contributed by atoms with van der Waals surface area (Å²) in [6.45, 7) is 1.87. The molecule has 0 saturated heterocycles. The summed E-state index contributed by atoms with van der Waals surface area (Å²) in [4.78, 5) is 18.0. The average Bonchev–Trinajstić information content (AvgIpc) is 3.21. The Morgan fingerprint density at radius 1 is 1.18 bits per heavy atom. The average molecular weight is 388 g/mol. The monoisotopic (exact) mass is 388 g/mol. The SMILES string of the molecule is C[C@@H](c1ccc(-n2cncn2)cc1)N(C)C(=O)Cc1cccc(C(F)(F)F)c1. The molecule has 8 heteroatoms. The third-order valence-electron chi connectivity index (χ3n) is 4.64. The molecule has 0 aliphatic heterocycles. The second-order valence-corrected chi connectivity index (χ2v) is 6.49. The van der Waals surface area contributed by atoms with Gasteiger partial charge in [-0.3, -0.25) is 4.79 Å². The van der Waals surface area contributed by atoms with Crippen LogP contribution in [-0.4, -0.2) is 32.6 Å². The van der Waals surface area contributed by atoms with Gasteiger partial charge in [0.05, 0.1) is 23.7 Å². The number of hydrogen-bond acceptors (Lipinski definition) is 3. The number of likely N-dealkylation sites (N-methyl/N-ethyl adjacent to an activating group) is 1. The highest BCUT2D eigenvalue weighted by atomic mass is 19.4. The first-order valence-corrected chi connectivity index (χ1v) is 8.62. The quantitative estimate of drug-likeness (QED) is 0.663. The van der Waals surface area contributed by atoms with Gasteiger partial charge in [-0.05, 0) is 36.2 Å². The van der Waals surface area contributed by atoms with Gasteiger partial charge in [0.25, 0.3) is 0 Å². The van der Waals surface area contributed by atoms with Crippen molar-refractivity contribution < 1.29 is 18.0 Å². The maximum atomic E-state index is 12.8. The molecule has 5 nitrogen and oxygen atoms in total. The molecule has 0 spiro atoms. The van der Waals surface area contributed by atoms with Gasteiger partial charge in [-0.25, -0.2) is 9.67 Å². The van der Waals surface area contributed by atoms with E-state index in [0.717, 1.165) is 23.4 Å². The van der Waals surface area contributed by atoms with E-state index in [1.54, 1.807) is 18.1 Å². The number of alkyl halides is 3. The summed E-state index contributed by atoms with van der Waals surface area (Å²) in [6.07, 6.45) is -1.49. The van der Waals surface area contributed by atoms with Crippen LogP contribution in [0, 0.1) is 0 Å². The van der Waals surface area contributed by atoms with Crippen molar-refractivity contribution in [3.63, 3.8) is 0 Å². The zero-order valence-corrected chi connectivity index (χ0v) is 15.4. The van der Waals surface area contributed by atoms with Crippen molar-refractivity contribution in [3.8, 4) is 5.69 Å². The molecule has 0 bridgehead atoms. The second kappa shape index (κ2) is 7.84. The fraction of sp³-hybridized carbons (Fsp3) is 0.250. The molecular formula is C20H19F3N4O. The van der Waals surface area contributed by atoms with Crippen LogP contribution >= 0.6 is 0 Å². The standard InChI is InChI=1S/C20H19F3N4O/c1-14(16-6-8-18(9-7-16)27-13-24-12-25-27)26(2)19(28)11-15-4-3-5-17(10-15)20(21,22)23/h3-10,12-14H,11H2,1-2H3/t14-/m0/s1. The Hall–Kier alpha value is -3.16. The third kappa shape index (κ3) is 4.39.